The van der Waals surface area contributed by atoms with Gasteiger partial charge in [-0.05, 0) is 6.42 Å². The Kier molecular flexibility index (Phi) is 3.14. The molecule has 2 aliphatic rings. The molecule has 0 spiro atoms. The number of piperidine rings is 1. The predicted molar refractivity (Wildman–Crippen MR) is 60.6 cm³/mol. The highest BCUT2D eigenvalue weighted by Gasteiger charge is 2.36. The second-order valence-corrected chi connectivity index (χ2v) is 4.80. The molecule has 90 valence electrons. The van der Waals surface area contributed by atoms with E-state index in [-0.39, 0.29) is 17.9 Å². The standard InChI is InChI=1S/C11H19N3O2/c1-8-7-14(6-3-9(8)12-16)10-4-5-13(2)11(10)15/h8,10,16H,3-7H2,1-2H3. The highest BCUT2D eigenvalue weighted by atomic mass is 16.4. The van der Waals surface area contributed by atoms with E-state index in [1.165, 1.54) is 0 Å². The number of likely N-dealkylation sites (N-methyl/N-ethyl adjacent to an activating group) is 1. The average molecular weight is 225 g/mol. The van der Waals surface area contributed by atoms with Crippen molar-refractivity contribution in [3.63, 3.8) is 0 Å². The Hall–Kier alpha value is -1.10. The van der Waals surface area contributed by atoms with Crippen molar-refractivity contribution in [1.29, 1.82) is 0 Å². The first-order chi connectivity index (χ1) is 7.63. The van der Waals surface area contributed by atoms with E-state index in [1.54, 1.807) is 4.90 Å². The van der Waals surface area contributed by atoms with E-state index in [9.17, 15) is 4.79 Å². The number of nitrogens with zero attached hydrogens (tertiary/aromatic N) is 3. The Morgan fingerprint density at radius 3 is 2.69 bits per heavy atom. The van der Waals surface area contributed by atoms with Gasteiger partial charge in [0.15, 0.2) is 0 Å². The summed E-state index contributed by atoms with van der Waals surface area (Å²) >= 11 is 0. The molecule has 0 aliphatic carbocycles. The van der Waals surface area contributed by atoms with Crippen LogP contribution in [0.15, 0.2) is 5.16 Å². The van der Waals surface area contributed by atoms with Gasteiger partial charge in [-0.25, -0.2) is 0 Å². The lowest BCUT2D eigenvalue weighted by atomic mass is 9.96. The third kappa shape index (κ3) is 1.91. The number of amides is 1. The van der Waals surface area contributed by atoms with Gasteiger partial charge in [0.25, 0.3) is 0 Å². The number of oxime groups is 1. The van der Waals surface area contributed by atoms with Crippen LogP contribution in [0.1, 0.15) is 19.8 Å². The van der Waals surface area contributed by atoms with Crippen LogP contribution in [0.25, 0.3) is 0 Å². The lowest BCUT2D eigenvalue weighted by Crippen LogP contribution is -2.48. The zero-order valence-electron chi connectivity index (χ0n) is 9.89. The van der Waals surface area contributed by atoms with Crippen molar-refractivity contribution in [2.75, 3.05) is 26.7 Å². The summed E-state index contributed by atoms with van der Waals surface area (Å²) in [5, 5.41) is 12.1. The van der Waals surface area contributed by atoms with Gasteiger partial charge >= 0.3 is 0 Å². The molecular formula is C11H19N3O2. The summed E-state index contributed by atoms with van der Waals surface area (Å²) in [7, 11) is 1.86. The molecule has 2 atom stereocenters. The van der Waals surface area contributed by atoms with Crippen molar-refractivity contribution in [3.8, 4) is 0 Å². The van der Waals surface area contributed by atoms with Crippen LogP contribution in [0.3, 0.4) is 0 Å². The number of rotatable bonds is 1. The van der Waals surface area contributed by atoms with Crippen LogP contribution in [0.4, 0.5) is 0 Å². The molecule has 0 aromatic carbocycles. The maximum atomic E-state index is 11.9. The summed E-state index contributed by atoms with van der Waals surface area (Å²) in [4.78, 5) is 15.9. The van der Waals surface area contributed by atoms with Crippen LogP contribution in [0.2, 0.25) is 0 Å². The van der Waals surface area contributed by atoms with Gasteiger partial charge in [0.05, 0.1) is 11.8 Å². The molecular weight excluding hydrogens is 206 g/mol. The van der Waals surface area contributed by atoms with Crippen LogP contribution in [-0.4, -0.2) is 59.3 Å². The molecule has 5 nitrogen and oxygen atoms in total. The molecule has 0 saturated carbocycles. The fraction of sp³-hybridized carbons (Fsp3) is 0.818. The van der Waals surface area contributed by atoms with Crippen LogP contribution < -0.4 is 0 Å². The van der Waals surface area contributed by atoms with E-state index >= 15 is 0 Å². The smallest absolute Gasteiger partial charge is 0.239 e. The third-order valence-corrected chi connectivity index (χ3v) is 3.70. The number of hydrogen-bond donors (Lipinski definition) is 1. The highest BCUT2D eigenvalue weighted by Crippen LogP contribution is 2.22. The van der Waals surface area contributed by atoms with Crippen molar-refractivity contribution in [2.45, 2.75) is 25.8 Å². The molecule has 2 aliphatic heterocycles. The van der Waals surface area contributed by atoms with Gasteiger partial charge in [0.1, 0.15) is 0 Å². The monoisotopic (exact) mass is 225 g/mol. The maximum Gasteiger partial charge on any atom is 0.239 e. The largest absolute Gasteiger partial charge is 0.411 e. The van der Waals surface area contributed by atoms with Gasteiger partial charge < -0.3 is 10.1 Å². The molecule has 0 aromatic rings. The Labute approximate surface area is 95.7 Å². The summed E-state index contributed by atoms with van der Waals surface area (Å²) in [6.07, 6.45) is 1.69. The second-order valence-electron chi connectivity index (χ2n) is 4.80. The Balaban J connectivity index is 2.00. The zero-order chi connectivity index (χ0) is 11.7. The summed E-state index contributed by atoms with van der Waals surface area (Å²) in [5.74, 6) is 0.481. The minimum atomic E-state index is 0.0488. The zero-order valence-corrected chi connectivity index (χ0v) is 9.89. The number of carbonyl (C=O) groups is 1. The fourth-order valence-electron chi connectivity index (χ4n) is 2.63. The normalized spacial score (nSPS) is 35.0. The SMILES string of the molecule is CC1CN(C2CCN(C)C2=O)CCC1=NO. The second kappa shape index (κ2) is 4.41. The predicted octanol–water partition coefficient (Wildman–Crippen LogP) is 0.389. The Morgan fingerprint density at radius 1 is 1.44 bits per heavy atom. The molecule has 0 radical (unpaired) electrons. The van der Waals surface area contributed by atoms with E-state index < -0.39 is 0 Å². The van der Waals surface area contributed by atoms with Crippen LogP contribution in [-0.2, 0) is 4.79 Å². The lowest BCUT2D eigenvalue weighted by molar-refractivity contribution is -0.131. The topological polar surface area (TPSA) is 56.1 Å². The first-order valence-electron chi connectivity index (χ1n) is 5.83. The fourth-order valence-corrected chi connectivity index (χ4v) is 2.63. The van der Waals surface area contributed by atoms with E-state index in [0.29, 0.717) is 0 Å². The summed E-state index contributed by atoms with van der Waals surface area (Å²) in [6.45, 7) is 4.55. The molecule has 5 heteroatoms. The van der Waals surface area contributed by atoms with E-state index in [2.05, 4.69) is 10.1 Å². The van der Waals surface area contributed by atoms with Crippen molar-refractivity contribution < 1.29 is 10.0 Å². The highest BCUT2D eigenvalue weighted by molar-refractivity contribution is 5.88. The molecule has 0 bridgehead atoms. The van der Waals surface area contributed by atoms with Crippen LogP contribution in [0.5, 0.6) is 0 Å². The van der Waals surface area contributed by atoms with Gasteiger partial charge in [0, 0.05) is 39.0 Å². The molecule has 2 saturated heterocycles. The van der Waals surface area contributed by atoms with E-state index in [4.69, 9.17) is 5.21 Å². The summed E-state index contributed by atoms with van der Waals surface area (Å²) in [5.41, 5.74) is 0.857. The van der Waals surface area contributed by atoms with Gasteiger partial charge in [-0.1, -0.05) is 12.1 Å². The molecule has 1 amide bonds. The number of carbonyl (C=O) groups excluding carboxylic acids is 1. The van der Waals surface area contributed by atoms with Crippen molar-refractivity contribution in [1.82, 2.24) is 9.80 Å². The molecule has 2 rings (SSSR count). The molecule has 16 heavy (non-hydrogen) atoms. The summed E-state index contributed by atoms with van der Waals surface area (Å²) in [6, 6.07) is 0.0488. The summed E-state index contributed by atoms with van der Waals surface area (Å²) < 4.78 is 0. The first-order valence-corrected chi connectivity index (χ1v) is 5.83. The average Bonchev–Trinajstić information content (AvgIpc) is 2.60. The molecule has 0 aromatic heterocycles. The molecule has 2 unspecified atom stereocenters. The van der Waals surface area contributed by atoms with Gasteiger partial charge in [-0.3, -0.25) is 9.69 Å². The lowest BCUT2D eigenvalue weighted by Gasteiger charge is -2.34. The van der Waals surface area contributed by atoms with Gasteiger partial charge in [0.2, 0.25) is 5.91 Å². The minimum absolute atomic E-state index is 0.0488. The molecule has 2 heterocycles. The van der Waals surface area contributed by atoms with Crippen LogP contribution >= 0.6 is 0 Å². The Morgan fingerprint density at radius 2 is 2.19 bits per heavy atom. The quantitative estimate of drug-likeness (QED) is 0.519. The molecule has 1 N–H and O–H groups in total. The minimum Gasteiger partial charge on any atom is -0.411 e. The van der Waals surface area contributed by atoms with Gasteiger partial charge in [-0.15, -0.1) is 0 Å². The molecule has 2 fully saturated rings. The van der Waals surface area contributed by atoms with Crippen molar-refractivity contribution in [2.24, 2.45) is 11.1 Å². The van der Waals surface area contributed by atoms with Crippen LogP contribution in [0, 0.1) is 5.92 Å². The van der Waals surface area contributed by atoms with E-state index in [0.717, 1.165) is 38.2 Å². The number of likely N-dealkylation sites (tertiary alicyclic amines) is 2. The Bertz CT molecular complexity index is 316. The third-order valence-electron chi connectivity index (χ3n) is 3.70. The van der Waals surface area contributed by atoms with E-state index in [1.807, 2.05) is 14.0 Å². The van der Waals surface area contributed by atoms with Crippen molar-refractivity contribution in [3.05, 3.63) is 0 Å². The van der Waals surface area contributed by atoms with Crippen molar-refractivity contribution >= 4 is 11.6 Å². The first kappa shape index (κ1) is 11.4. The number of hydrogen-bond acceptors (Lipinski definition) is 4. The maximum absolute atomic E-state index is 11.9. The van der Waals surface area contributed by atoms with Gasteiger partial charge in [-0.2, -0.15) is 0 Å².